The van der Waals surface area contributed by atoms with Crippen LogP contribution in [0.2, 0.25) is 0 Å². The highest BCUT2D eigenvalue weighted by Crippen LogP contribution is 2.23. The maximum Gasteiger partial charge on any atom is 0.407 e. The largest absolute Gasteiger partial charge is 0.497 e. The lowest BCUT2D eigenvalue weighted by Gasteiger charge is -2.32. The minimum Gasteiger partial charge on any atom is -0.497 e. The summed E-state index contributed by atoms with van der Waals surface area (Å²) in [5, 5.41) is 5.57. The summed E-state index contributed by atoms with van der Waals surface area (Å²) in [4.78, 5) is 38.4. The average Bonchev–Trinajstić information content (AvgIpc) is 2.76. The summed E-state index contributed by atoms with van der Waals surface area (Å²) in [7, 11) is 3.08. The Morgan fingerprint density at radius 3 is 2.12 bits per heavy atom. The molecule has 0 saturated carbocycles. The topological polar surface area (TPSA) is 106 Å². The highest BCUT2D eigenvalue weighted by molar-refractivity contribution is 5.95. The Morgan fingerprint density at radius 1 is 1.00 bits per heavy atom. The van der Waals surface area contributed by atoms with Gasteiger partial charge in [0, 0.05) is 44.2 Å². The summed E-state index contributed by atoms with van der Waals surface area (Å²) in [6.45, 7) is 7.43. The van der Waals surface area contributed by atoms with Crippen molar-refractivity contribution < 1.29 is 28.6 Å². The van der Waals surface area contributed by atoms with Crippen LogP contribution in [0.4, 0.5) is 4.79 Å². The van der Waals surface area contributed by atoms with E-state index < -0.39 is 11.7 Å². The maximum absolute atomic E-state index is 12.5. The molecule has 0 aliphatic carbocycles. The Hall–Kier alpha value is -2.97. The van der Waals surface area contributed by atoms with Crippen LogP contribution in [0.15, 0.2) is 18.2 Å². The molecule has 0 bridgehead atoms. The normalized spacial score (nSPS) is 14.5. The predicted octanol–water partition coefficient (Wildman–Crippen LogP) is 2.59. The van der Waals surface area contributed by atoms with Gasteiger partial charge < -0.3 is 29.7 Å². The number of amides is 3. The summed E-state index contributed by atoms with van der Waals surface area (Å²) in [6.07, 6.45) is 1.34. The Balaban J connectivity index is 1.71. The van der Waals surface area contributed by atoms with Crippen molar-refractivity contribution in [2.24, 2.45) is 5.92 Å². The molecule has 2 N–H and O–H groups in total. The average molecular weight is 450 g/mol. The van der Waals surface area contributed by atoms with E-state index in [4.69, 9.17) is 14.2 Å². The third-order valence-corrected chi connectivity index (χ3v) is 5.14. The number of methoxy groups -OCH3 is 2. The van der Waals surface area contributed by atoms with Crippen molar-refractivity contribution >= 4 is 17.9 Å². The standard InChI is InChI=1S/C23H35N3O6/c1-23(2,3)32-22(29)24-9-6-20(27)26-10-7-16(8-11-26)15-25-21(28)17-12-18(30-4)14-19(13-17)31-5/h12-14,16H,6-11,15H2,1-5H3,(H,24,29)(H,25,28). The second-order valence-electron chi connectivity index (χ2n) is 8.81. The first kappa shape index (κ1) is 25.3. The van der Waals surface area contributed by atoms with Gasteiger partial charge >= 0.3 is 6.09 Å². The molecule has 1 saturated heterocycles. The lowest BCUT2D eigenvalue weighted by molar-refractivity contribution is -0.132. The Morgan fingerprint density at radius 2 is 1.59 bits per heavy atom. The molecule has 0 atom stereocenters. The lowest BCUT2D eigenvalue weighted by Crippen LogP contribution is -2.42. The molecule has 9 heteroatoms. The molecule has 9 nitrogen and oxygen atoms in total. The molecule has 0 radical (unpaired) electrons. The number of hydrogen-bond donors (Lipinski definition) is 2. The van der Waals surface area contributed by atoms with Gasteiger partial charge in [0.05, 0.1) is 14.2 Å². The summed E-state index contributed by atoms with van der Waals surface area (Å²) >= 11 is 0. The third kappa shape index (κ3) is 8.28. The molecule has 0 spiro atoms. The fourth-order valence-electron chi connectivity index (χ4n) is 3.41. The SMILES string of the molecule is COc1cc(OC)cc(C(=O)NCC2CCN(C(=O)CCNC(=O)OC(C)(C)C)CC2)c1. The monoisotopic (exact) mass is 449 g/mol. The Bertz CT molecular complexity index is 775. The van der Waals surface area contributed by atoms with Gasteiger partial charge in [-0.15, -0.1) is 0 Å². The number of benzene rings is 1. The first-order valence-corrected chi connectivity index (χ1v) is 10.9. The fourth-order valence-corrected chi connectivity index (χ4v) is 3.41. The quantitative estimate of drug-likeness (QED) is 0.632. The van der Waals surface area contributed by atoms with Crippen LogP contribution in [0.25, 0.3) is 0 Å². The third-order valence-electron chi connectivity index (χ3n) is 5.14. The zero-order valence-electron chi connectivity index (χ0n) is 19.7. The molecule has 178 valence electrons. The van der Waals surface area contributed by atoms with Crippen molar-refractivity contribution in [2.45, 2.75) is 45.6 Å². The van der Waals surface area contributed by atoms with Crippen molar-refractivity contribution in [3.63, 3.8) is 0 Å². The highest BCUT2D eigenvalue weighted by atomic mass is 16.6. The van der Waals surface area contributed by atoms with E-state index in [2.05, 4.69) is 10.6 Å². The molecule has 3 amide bonds. The number of rotatable bonds is 8. The van der Waals surface area contributed by atoms with Crippen LogP contribution < -0.4 is 20.1 Å². The molecular weight excluding hydrogens is 414 g/mol. The number of alkyl carbamates (subject to hydrolysis) is 1. The maximum atomic E-state index is 12.5. The van der Waals surface area contributed by atoms with Crippen molar-refractivity contribution in [2.75, 3.05) is 40.4 Å². The van der Waals surface area contributed by atoms with Crippen LogP contribution in [0.5, 0.6) is 11.5 Å². The number of nitrogens with one attached hydrogen (secondary N) is 2. The zero-order chi connectivity index (χ0) is 23.7. The van der Waals surface area contributed by atoms with Crippen molar-refractivity contribution in [1.82, 2.24) is 15.5 Å². The highest BCUT2D eigenvalue weighted by Gasteiger charge is 2.23. The van der Waals surface area contributed by atoms with E-state index in [0.717, 1.165) is 12.8 Å². The van der Waals surface area contributed by atoms with Crippen molar-refractivity contribution in [1.29, 1.82) is 0 Å². The molecule has 2 rings (SSSR count). The predicted molar refractivity (Wildman–Crippen MR) is 120 cm³/mol. The van der Waals surface area contributed by atoms with Gasteiger partial charge in [0.25, 0.3) is 5.91 Å². The summed E-state index contributed by atoms with van der Waals surface area (Å²) in [6, 6.07) is 5.06. The number of hydrogen-bond acceptors (Lipinski definition) is 6. The second-order valence-corrected chi connectivity index (χ2v) is 8.81. The van der Waals surface area contributed by atoms with E-state index in [0.29, 0.717) is 42.6 Å². The van der Waals surface area contributed by atoms with Gasteiger partial charge in [-0.25, -0.2) is 4.79 Å². The van der Waals surface area contributed by atoms with Crippen molar-refractivity contribution in [3.05, 3.63) is 23.8 Å². The Kier molecular flexibility index (Phi) is 9.16. The van der Waals surface area contributed by atoms with E-state index in [-0.39, 0.29) is 24.8 Å². The van der Waals surface area contributed by atoms with Crippen molar-refractivity contribution in [3.8, 4) is 11.5 Å². The first-order valence-electron chi connectivity index (χ1n) is 10.9. The molecule has 1 aromatic carbocycles. The van der Waals surface area contributed by atoms with Crippen LogP contribution in [0.3, 0.4) is 0 Å². The van der Waals surface area contributed by atoms with E-state index in [9.17, 15) is 14.4 Å². The van der Waals surface area contributed by atoms with E-state index in [1.54, 1.807) is 53.2 Å². The van der Waals surface area contributed by atoms with Crippen LogP contribution in [-0.4, -0.2) is 68.8 Å². The van der Waals surface area contributed by atoms with Crippen LogP contribution >= 0.6 is 0 Å². The van der Waals surface area contributed by atoms with E-state index in [1.807, 2.05) is 4.90 Å². The van der Waals surface area contributed by atoms with Crippen LogP contribution in [-0.2, 0) is 9.53 Å². The number of nitrogens with zero attached hydrogens (tertiary/aromatic N) is 1. The molecular formula is C23H35N3O6. The number of carbonyl (C=O) groups is 3. The van der Waals surface area contributed by atoms with Gasteiger partial charge in [-0.05, 0) is 51.7 Å². The summed E-state index contributed by atoms with van der Waals surface area (Å²) < 4.78 is 15.6. The van der Waals surface area contributed by atoms with Crippen LogP contribution in [0, 0.1) is 5.92 Å². The van der Waals surface area contributed by atoms with Gasteiger partial charge in [0.15, 0.2) is 0 Å². The molecule has 1 aromatic rings. The Labute approximate surface area is 189 Å². The van der Waals surface area contributed by atoms with E-state index in [1.165, 1.54) is 0 Å². The summed E-state index contributed by atoms with van der Waals surface area (Å²) in [5.74, 6) is 1.24. The van der Waals surface area contributed by atoms with Gasteiger partial charge in [-0.1, -0.05) is 0 Å². The number of carbonyl (C=O) groups excluding carboxylic acids is 3. The minimum absolute atomic E-state index is 0.00650. The van der Waals surface area contributed by atoms with Gasteiger partial charge in [0.2, 0.25) is 5.91 Å². The molecule has 1 aliphatic rings. The molecule has 0 aromatic heterocycles. The van der Waals surface area contributed by atoms with Crippen LogP contribution in [0.1, 0.15) is 50.4 Å². The number of piperidine rings is 1. The summed E-state index contributed by atoms with van der Waals surface area (Å²) in [5.41, 5.74) is -0.0874. The second kappa shape index (κ2) is 11.6. The van der Waals surface area contributed by atoms with Gasteiger partial charge in [-0.3, -0.25) is 9.59 Å². The number of likely N-dealkylation sites (tertiary alicyclic amines) is 1. The number of ether oxygens (including phenoxy) is 3. The molecule has 1 aliphatic heterocycles. The lowest BCUT2D eigenvalue weighted by atomic mass is 9.96. The van der Waals surface area contributed by atoms with E-state index >= 15 is 0 Å². The minimum atomic E-state index is -0.565. The van der Waals surface area contributed by atoms with Gasteiger partial charge in [-0.2, -0.15) is 0 Å². The smallest absolute Gasteiger partial charge is 0.407 e. The molecule has 1 heterocycles. The first-order chi connectivity index (χ1) is 15.1. The molecule has 32 heavy (non-hydrogen) atoms. The molecule has 1 fully saturated rings. The van der Waals surface area contributed by atoms with Gasteiger partial charge in [0.1, 0.15) is 17.1 Å². The zero-order valence-corrected chi connectivity index (χ0v) is 19.7. The fraction of sp³-hybridized carbons (Fsp3) is 0.609. The molecule has 0 unspecified atom stereocenters.